The van der Waals surface area contributed by atoms with Crippen LogP contribution in [0.3, 0.4) is 0 Å². The number of nitrogens with zero attached hydrogens (tertiary/aromatic N) is 3. The number of alkyl halides is 3. The van der Waals surface area contributed by atoms with E-state index in [9.17, 15) is 13.2 Å². The Hall–Kier alpha value is -2.61. The van der Waals surface area contributed by atoms with Crippen molar-refractivity contribution in [3.8, 4) is 16.5 Å². The number of nitrogens with one attached hydrogen (secondary N) is 1. The maximum atomic E-state index is 13.1. The van der Waals surface area contributed by atoms with Crippen LogP contribution in [0.1, 0.15) is 11.4 Å². The third-order valence-electron chi connectivity index (χ3n) is 3.56. The number of thiophene rings is 1. The Morgan fingerprint density at radius 1 is 1.17 bits per heavy atom. The normalized spacial score (nSPS) is 12.2. The molecule has 0 saturated carbocycles. The molecule has 0 unspecified atom stereocenters. The van der Waals surface area contributed by atoms with Gasteiger partial charge in [0.2, 0.25) is 0 Å². The number of H-pyrrole nitrogens is 1. The number of halogens is 3. The Balaban J connectivity index is 1.94. The van der Waals surface area contributed by atoms with Crippen LogP contribution in [-0.4, -0.2) is 19.7 Å². The summed E-state index contributed by atoms with van der Waals surface area (Å²) < 4.78 is 40.5. The van der Waals surface area contributed by atoms with Crippen molar-refractivity contribution in [2.24, 2.45) is 0 Å². The van der Waals surface area contributed by atoms with Gasteiger partial charge in [-0.2, -0.15) is 13.2 Å². The zero-order valence-electron chi connectivity index (χ0n) is 12.4. The smallest absolute Gasteiger partial charge is 0.352 e. The molecule has 0 spiro atoms. The molecule has 1 N–H and O–H groups in total. The third-order valence-corrected chi connectivity index (χ3v) is 4.58. The van der Waals surface area contributed by atoms with Crippen LogP contribution >= 0.6 is 11.3 Å². The number of aromatic nitrogens is 4. The van der Waals surface area contributed by atoms with E-state index in [2.05, 4.69) is 15.1 Å². The van der Waals surface area contributed by atoms with E-state index < -0.39 is 12.0 Å². The van der Waals surface area contributed by atoms with Crippen LogP contribution in [0.15, 0.2) is 41.8 Å². The Morgan fingerprint density at radius 3 is 2.62 bits per heavy atom. The number of aryl methyl sites for hydroxylation is 1. The number of rotatable bonds is 2. The molecule has 0 amide bonds. The lowest BCUT2D eigenvalue weighted by Crippen LogP contribution is -2.08. The summed E-state index contributed by atoms with van der Waals surface area (Å²) in [4.78, 5) is 6.84. The molecule has 8 heteroatoms. The van der Waals surface area contributed by atoms with Crippen molar-refractivity contribution in [2.75, 3.05) is 0 Å². The average molecular weight is 348 g/mol. The highest BCUT2D eigenvalue weighted by Crippen LogP contribution is 2.32. The molecule has 0 bridgehead atoms. The molecule has 0 fully saturated rings. The molecule has 3 heterocycles. The summed E-state index contributed by atoms with van der Waals surface area (Å²) in [5, 5.41) is 7.03. The minimum Gasteiger partial charge on any atom is -0.352 e. The second-order valence-electron chi connectivity index (χ2n) is 5.40. The molecule has 0 aliphatic carbocycles. The second-order valence-corrected chi connectivity index (χ2v) is 6.29. The van der Waals surface area contributed by atoms with Crippen molar-refractivity contribution in [1.82, 2.24) is 19.7 Å². The van der Waals surface area contributed by atoms with E-state index in [1.165, 1.54) is 16.0 Å². The van der Waals surface area contributed by atoms with Gasteiger partial charge >= 0.3 is 6.18 Å². The van der Waals surface area contributed by atoms with E-state index in [4.69, 9.17) is 0 Å². The van der Waals surface area contributed by atoms with Crippen LogP contribution in [0.5, 0.6) is 0 Å². The molecule has 0 saturated heterocycles. The van der Waals surface area contributed by atoms with Crippen LogP contribution in [0.2, 0.25) is 0 Å². The largest absolute Gasteiger partial charge is 0.453 e. The van der Waals surface area contributed by atoms with Gasteiger partial charge in [0, 0.05) is 10.9 Å². The maximum Gasteiger partial charge on any atom is 0.453 e. The SMILES string of the molecule is Cc1csc(-n2nc(C(F)(F)F)nc2-c2cc3ccccc3[nH]2)c1. The number of para-hydroxylation sites is 1. The van der Waals surface area contributed by atoms with E-state index in [-0.39, 0.29) is 5.82 Å². The van der Waals surface area contributed by atoms with Crippen LogP contribution in [0.4, 0.5) is 13.2 Å². The predicted octanol–water partition coefficient (Wildman–Crippen LogP) is 4.80. The van der Waals surface area contributed by atoms with Crippen molar-refractivity contribution >= 4 is 22.2 Å². The van der Waals surface area contributed by atoms with Crippen molar-refractivity contribution in [1.29, 1.82) is 0 Å². The minimum atomic E-state index is -4.60. The van der Waals surface area contributed by atoms with Gasteiger partial charge in [0.25, 0.3) is 5.82 Å². The fourth-order valence-corrected chi connectivity index (χ4v) is 3.34. The lowest BCUT2D eigenvalue weighted by atomic mass is 10.2. The average Bonchev–Trinajstić information content (AvgIpc) is 3.22. The quantitative estimate of drug-likeness (QED) is 0.565. The number of hydrogen-bond donors (Lipinski definition) is 1. The maximum absolute atomic E-state index is 13.1. The lowest BCUT2D eigenvalue weighted by molar-refractivity contribution is -0.144. The van der Waals surface area contributed by atoms with Crippen LogP contribution < -0.4 is 0 Å². The van der Waals surface area contributed by atoms with Gasteiger partial charge in [-0.05, 0) is 36.1 Å². The molecule has 0 atom stereocenters. The Bertz CT molecular complexity index is 992. The van der Waals surface area contributed by atoms with Gasteiger partial charge in [-0.15, -0.1) is 16.4 Å². The van der Waals surface area contributed by atoms with Gasteiger partial charge in [-0.1, -0.05) is 18.2 Å². The Kier molecular flexibility index (Phi) is 3.24. The second kappa shape index (κ2) is 5.20. The van der Waals surface area contributed by atoms with Crippen LogP contribution in [0, 0.1) is 6.92 Å². The summed E-state index contributed by atoms with van der Waals surface area (Å²) in [6, 6.07) is 11.0. The Labute approximate surface area is 138 Å². The highest BCUT2D eigenvalue weighted by Gasteiger charge is 2.37. The number of hydrogen-bond acceptors (Lipinski definition) is 3. The summed E-state index contributed by atoms with van der Waals surface area (Å²) in [6.45, 7) is 1.88. The molecular formula is C16H11F3N4S. The summed E-state index contributed by atoms with van der Waals surface area (Å²) in [5.41, 5.74) is 2.28. The summed E-state index contributed by atoms with van der Waals surface area (Å²) in [5.74, 6) is -1.01. The molecule has 3 aromatic heterocycles. The first-order valence-corrected chi connectivity index (χ1v) is 7.98. The first-order chi connectivity index (χ1) is 11.4. The zero-order chi connectivity index (χ0) is 16.9. The monoisotopic (exact) mass is 348 g/mol. The molecule has 4 aromatic rings. The van der Waals surface area contributed by atoms with Crippen molar-refractivity contribution < 1.29 is 13.2 Å². The van der Waals surface area contributed by atoms with Crippen LogP contribution in [-0.2, 0) is 6.18 Å². The molecule has 24 heavy (non-hydrogen) atoms. The topological polar surface area (TPSA) is 46.5 Å². The first-order valence-electron chi connectivity index (χ1n) is 7.10. The van der Waals surface area contributed by atoms with Gasteiger partial charge in [-0.3, -0.25) is 0 Å². The molecule has 4 rings (SSSR count). The highest BCUT2D eigenvalue weighted by atomic mass is 32.1. The van der Waals surface area contributed by atoms with Crippen LogP contribution in [0.25, 0.3) is 27.4 Å². The van der Waals surface area contributed by atoms with Gasteiger partial charge < -0.3 is 4.98 Å². The number of aromatic amines is 1. The summed E-state index contributed by atoms with van der Waals surface area (Å²) in [7, 11) is 0. The van der Waals surface area contributed by atoms with E-state index in [1.54, 1.807) is 12.1 Å². The fourth-order valence-electron chi connectivity index (χ4n) is 2.48. The predicted molar refractivity (Wildman–Crippen MR) is 86.3 cm³/mol. The first kappa shape index (κ1) is 14.9. The van der Waals surface area contributed by atoms with Crippen molar-refractivity contribution in [3.63, 3.8) is 0 Å². The van der Waals surface area contributed by atoms with Crippen molar-refractivity contribution in [2.45, 2.75) is 13.1 Å². The fraction of sp³-hybridized carbons (Fsp3) is 0.125. The van der Waals surface area contributed by atoms with Gasteiger partial charge in [0.1, 0.15) is 5.00 Å². The number of benzene rings is 1. The van der Waals surface area contributed by atoms with E-state index in [0.29, 0.717) is 10.7 Å². The molecule has 122 valence electrons. The molecule has 0 aliphatic rings. The summed E-state index contributed by atoms with van der Waals surface area (Å²) in [6.07, 6.45) is -4.60. The van der Waals surface area contributed by atoms with Gasteiger partial charge in [0.05, 0.1) is 5.69 Å². The molecular weight excluding hydrogens is 337 g/mol. The summed E-state index contributed by atoms with van der Waals surface area (Å²) >= 11 is 1.32. The lowest BCUT2D eigenvalue weighted by Gasteiger charge is -2.00. The number of fused-ring (bicyclic) bond motifs is 1. The Morgan fingerprint density at radius 2 is 1.96 bits per heavy atom. The van der Waals surface area contributed by atoms with Gasteiger partial charge in [0.15, 0.2) is 5.82 Å². The molecule has 0 radical (unpaired) electrons. The van der Waals surface area contributed by atoms with E-state index in [1.807, 2.05) is 36.6 Å². The van der Waals surface area contributed by atoms with Gasteiger partial charge in [-0.25, -0.2) is 9.67 Å². The molecule has 1 aromatic carbocycles. The van der Waals surface area contributed by atoms with Crippen molar-refractivity contribution in [3.05, 3.63) is 53.2 Å². The van der Waals surface area contributed by atoms with E-state index in [0.717, 1.165) is 16.5 Å². The highest BCUT2D eigenvalue weighted by molar-refractivity contribution is 7.12. The molecule has 4 nitrogen and oxygen atoms in total. The third kappa shape index (κ3) is 2.48. The van der Waals surface area contributed by atoms with E-state index >= 15 is 0 Å². The zero-order valence-corrected chi connectivity index (χ0v) is 13.2. The molecule has 0 aliphatic heterocycles. The minimum absolute atomic E-state index is 0.139. The standard InChI is InChI=1S/C16H11F3N4S/c1-9-6-13(24-8-9)23-14(21-15(22-23)16(17,18)19)12-7-10-4-2-3-5-11(10)20-12/h2-8,20H,1H3.